The molecule has 1 aliphatic rings. The largest absolute Gasteiger partial charge is 0.311 e. The second-order valence-corrected chi connectivity index (χ2v) is 5.36. The maximum Gasteiger partial charge on any atom is 0.244 e. The van der Waals surface area contributed by atoms with Crippen LogP contribution in [0.2, 0.25) is 0 Å². The topological polar surface area (TPSA) is 32.3 Å². The maximum atomic E-state index is 12.2. The van der Waals surface area contributed by atoms with Gasteiger partial charge in [0.2, 0.25) is 5.91 Å². The Morgan fingerprint density at radius 3 is 2.72 bits per heavy atom. The van der Waals surface area contributed by atoms with Crippen LogP contribution < -0.4 is 10.2 Å². The molecule has 0 aromatic heterocycles. The predicted octanol–water partition coefficient (Wildman–Crippen LogP) is 2.51. The summed E-state index contributed by atoms with van der Waals surface area (Å²) < 4.78 is 0. The second kappa shape index (κ2) is 6.25. The summed E-state index contributed by atoms with van der Waals surface area (Å²) in [5.74, 6) is 0.209. The number of rotatable bonds is 5. The molecule has 4 heteroatoms. The first kappa shape index (κ1) is 13.4. The molecule has 0 radical (unpaired) electrons. The zero-order valence-electron chi connectivity index (χ0n) is 11.0. The van der Waals surface area contributed by atoms with Crippen LogP contribution in [0.1, 0.15) is 19.8 Å². The Balaban J connectivity index is 2.03. The average Bonchev–Trinajstić information content (AvgIpc) is 2.78. The van der Waals surface area contributed by atoms with E-state index in [-0.39, 0.29) is 11.9 Å². The Morgan fingerprint density at radius 1 is 1.39 bits per heavy atom. The summed E-state index contributed by atoms with van der Waals surface area (Å²) in [6.45, 7) is 3.85. The minimum absolute atomic E-state index is 0.00479. The number of hydrogen-bond donors (Lipinski definition) is 1. The third-order valence-corrected chi connectivity index (χ3v) is 3.97. The minimum atomic E-state index is 0.00479. The summed E-state index contributed by atoms with van der Waals surface area (Å²) in [4.78, 5) is 15.3. The van der Waals surface area contributed by atoms with E-state index in [1.807, 2.05) is 17.0 Å². The van der Waals surface area contributed by atoms with Gasteiger partial charge in [0.25, 0.3) is 0 Å². The Bertz CT molecular complexity index is 405. The Hall–Kier alpha value is -1.00. The van der Waals surface area contributed by atoms with Gasteiger partial charge in [-0.15, -0.1) is 11.8 Å². The van der Waals surface area contributed by atoms with Crippen LogP contribution in [0.5, 0.6) is 0 Å². The highest BCUT2D eigenvalue weighted by molar-refractivity contribution is 7.98. The van der Waals surface area contributed by atoms with E-state index in [2.05, 4.69) is 30.6 Å². The second-order valence-electron chi connectivity index (χ2n) is 4.48. The standard InChI is InChI=1S/C14H20N2OS/c1-3-9-15-13-8-10-16(14(13)17)11-4-6-12(18-2)7-5-11/h4-7,13,15H,3,8-10H2,1-2H3. The normalized spacial score (nSPS) is 19.6. The van der Waals surface area contributed by atoms with Crippen LogP contribution in [0.4, 0.5) is 5.69 Å². The number of thioether (sulfide) groups is 1. The van der Waals surface area contributed by atoms with Gasteiger partial charge in [0.05, 0.1) is 6.04 Å². The van der Waals surface area contributed by atoms with E-state index >= 15 is 0 Å². The van der Waals surface area contributed by atoms with Gasteiger partial charge in [0.1, 0.15) is 0 Å². The van der Waals surface area contributed by atoms with E-state index < -0.39 is 0 Å². The van der Waals surface area contributed by atoms with Gasteiger partial charge in [-0.2, -0.15) is 0 Å². The predicted molar refractivity (Wildman–Crippen MR) is 77.3 cm³/mol. The van der Waals surface area contributed by atoms with Gasteiger partial charge < -0.3 is 10.2 Å². The number of nitrogens with one attached hydrogen (secondary N) is 1. The Kier molecular flexibility index (Phi) is 4.66. The molecule has 2 rings (SSSR count). The number of amides is 1. The van der Waals surface area contributed by atoms with E-state index in [1.54, 1.807) is 11.8 Å². The van der Waals surface area contributed by atoms with Crippen molar-refractivity contribution in [3.05, 3.63) is 24.3 Å². The van der Waals surface area contributed by atoms with Crippen molar-refractivity contribution in [3.8, 4) is 0 Å². The van der Waals surface area contributed by atoms with Crippen molar-refractivity contribution in [3.63, 3.8) is 0 Å². The molecule has 1 amide bonds. The molecule has 0 spiro atoms. The fourth-order valence-corrected chi connectivity index (χ4v) is 2.61. The van der Waals surface area contributed by atoms with Gasteiger partial charge in [0, 0.05) is 17.1 Å². The molecule has 98 valence electrons. The molecular formula is C14H20N2OS. The first-order chi connectivity index (χ1) is 8.76. The monoisotopic (exact) mass is 264 g/mol. The number of benzene rings is 1. The van der Waals surface area contributed by atoms with Crippen molar-refractivity contribution in [2.45, 2.75) is 30.7 Å². The third-order valence-electron chi connectivity index (χ3n) is 3.23. The molecule has 0 bridgehead atoms. The molecule has 0 aliphatic carbocycles. The van der Waals surface area contributed by atoms with Crippen molar-refractivity contribution in [1.29, 1.82) is 0 Å². The quantitative estimate of drug-likeness (QED) is 0.829. The SMILES string of the molecule is CCCNC1CCN(c2ccc(SC)cc2)C1=O. The lowest BCUT2D eigenvalue weighted by atomic mass is 10.2. The highest BCUT2D eigenvalue weighted by atomic mass is 32.2. The molecule has 3 nitrogen and oxygen atoms in total. The molecule has 1 aromatic rings. The summed E-state index contributed by atoms with van der Waals surface area (Å²) in [6.07, 6.45) is 4.02. The van der Waals surface area contributed by atoms with E-state index in [0.29, 0.717) is 0 Å². The fourth-order valence-electron chi connectivity index (χ4n) is 2.21. The zero-order chi connectivity index (χ0) is 13.0. The molecule has 1 fully saturated rings. The molecule has 1 atom stereocenters. The van der Waals surface area contributed by atoms with Crippen molar-refractivity contribution < 1.29 is 4.79 Å². The lowest BCUT2D eigenvalue weighted by Crippen LogP contribution is -2.38. The van der Waals surface area contributed by atoms with Gasteiger partial charge in [-0.1, -0.05) is 6.92 Å². The zero-order valence-corrected chi connectivity index (χ0v) is 11.8. The van der Waals surface area contributed by atoms with E-state index in [4.69, 9.17) is 0 Å². The molecule has 1 aliphatic heterocycles. The van der Waals surface area contributed by atoms with Crippen molar-refractivity contribution in [1.82, 2.24) is 5.32 Å². The smallest absolute Gasteiger partial charge is 0.244 e. The first-order valence-electron chi connectivity index (χ1n) is 6.45. The summed E-state index contributed by atoms with van der Waals surface area (Å²) in [6, 6.07) is 8.21. The maximum absolute atomic E-state index is 12.2. The molecule has 1 saturated heterocycles. The number of anilines is 1. The number of carbonyl (C=O) groups is 1. The minimum Gasteiger partial charge on any atom is -0.311 e. The Labute approximate surface area is 113 Å². The molecule has 1 heterocycles. The van der Waals surface area contributed by atoms with Gasteiger partial charge in [-0.05, 0) is 49.9 Å². The third kappa shape index (κ3) is 2.87. The van der Waals surface area contributed by atoms with Gasteiger partial charge >= 0.3 is 0 Å². The van der Waals surface area contributed by atoms with E-state index in [0.717, 1.165) is 31.6 Å². The first-order valence-corrected chi connectivity index (χ1v) is 7.67. The summed E-state index contributed by atoms with van der Waals surface area (Å²) in [5, 5.41) is 3.31. The lowest BCUT2D eigenvalue weighted by molar-refractivity contribution is -0.118. The number of hydrogen-bond acceptors (Lipinski definition) is 3. The van der Waals surface area contributed by atoms with Crippen LogP contribution in [-0.4, -0.2) is 31.3 Å². The lowest BCUT2D eigenvalue weighted by Gasteiger charge is -2.17. The van der Waals surface area contributed by atoms with Crippen molar-refractivity contribution >= 4 is 23.4 Å². The van der Waals surface area contributed by atoms with Crippen molar-refractivity contribution in [2.24, 2.45) is 0 Å². The molecule has 1 unspecified atom stereocenters. The van der Waals surface area contributed by atoms with Crippen LogP contribution in [0, 0.1) is 0 Å². The Morgan fingerprint density at radius 2 is 2.11 bits per heavy atom. The molecule has 0 saturated carbocycles. The van der Waals surface area contributed by atoms with Gasteiger partial charge in [0.15, 0.2) is 0 Å². The van der Waals surface area contributed by atoms with Crippen LogP contribution in [0.15, 0.2) is 29.2 Å². The summed E-state index contributed by atoms with van der Waals surface area (Å²) in [7, 11) is 0. The average molecular weight is 264 g/mol. The van der Waals surface area contributed by atoms with Crippen LogP contribution in [-0.2, 0) is 4.79 Å². The van der Waals surface area contributed by atoms with Gasteiger partial charge in [-0.25, -0.2) is 0 Å². The highest BCUT2D eigenvalue weighted by Gasteiger charge is 2.31. The summed E-state index contributed by atoms with van der Waals surface area (Å²) >= 11 is 1.72. The fraction of sp³-hybridized carbons (Fsp3) is 0.500. The molecule has 18 heavy (non-hydrogen) atoms. The van der Waals surface area contributed by atoms with Gasteiger partial charge in [-0.3, -0.25) is 4.79 Å². The molecule has 1 N–H and O–H groups in total. The van der Waals surface area contributed by atoms with E-state index in [9.17, 15) is 4.79 Å². The number of nitrogens with zero attached hydrogens (tertiary/aromatic N) is 1. The summed E-state index contributed by atoms with van der Waals surface area (Å²) in [5.41, 5.74) is 1.01. The van der Waals surface area contributed by atoms with Crippen molar-refractivity contribution in [2.75, 3.05) is 24.2 Å². The number of carbonyl (C=O) groups excluding carboxylic acids is 1. The molecule has 1 aromatic carbocycles. The van der Waals surface area contributed by atoms with Crippen LogP contribution >= 0.6 is 11.8 Å². The van der Waals surface area contributed by atoms with E-state index in [1.165, 1.54) is 4.90 Å². The molecular weight excluding hydrogens is 244 g/mol. The van der Waals surface area contributed by atoms with Crippen LogP contribution in [0.3, 0.4) is 0 Å². The highest BCUT2D eigenvalue weighted by Crippen LogP contribution is 2.24. The van der Waals surface area contributed by atoms with Crippen LogP contribution in [0.25, 0.3) is 0 Å².